The highest BCUT2D eigenvalue weighted by molar-refractivity contribution is 7.89. The third kappa shape index (κ3) is 5.22. The fourth-order valence-electron chi connectivity index (χ4n) is 3.86. The molecule has 34 heavy (non-hydrogen) atoms. The Kier molecular flexibility index (Phi) is 7.16. The molecule has 1 atom stereocenters. The molecule has 4 rings (SSSR count). The van der Waals surface area contributed by atoms with Crippen LogP contribution in [0.4, 0.5) is 10.1 Å². The maximum absolute atomic E-state index is 13.9. The summed E-state index contributed by atoms with van der Waals surface area (Å²) in [6.45, 7) is 1.84. The van der Waals surface area contributed by atoms with Gasteiger partial charge in [0, 0.05) is 29.4 Å². The van der Waals surface area contributed by atoms with Crippen molar-refractivity contribution in [1.29, 1.82) is 0 Å². The second-order valence-corrected chi connectivity index (χ2v) is 10.3. The Hall–Kier alpha value is -3.01. The summed E-state index contributed by atoms with van der Waals surface area (Å²) in [6.07, 6.45) is 3.92. The fourth-order valence-corrected chi connectivity index (χ4v) is 5.76. The number of aromatic nitrogens is 1. The van der Waals surface area contributed by atoms with Crippen molar-refractivity contribution in [1.82, 2.24) is 9.46 Å². The van der Waals surface area contributed by atoms with Crippen molar-refractivity contribution in [3.8, 4) is 0 Å². The van der Waals surface area contributed by atoms with Crippen LogP contribution < -0.4 is 5.32 Å². The first-order valence-electron chi connectivity index (χ1n) is 10.7. The van der Waals surface area contributed by atoms with E-state index in [1.54, 1.807) is 42.5 Å². The van der Waals surface area contributed by atoms with Gasteiger partial charge in [-0.05, 0) is 62.2 Å². The highest BCUT2D eigenvalue weighted by Crippen LogP contribution is 2.30. The number of carbonyl (C=O) groups excluding carboxylic acids is 1. The van der Waals surface area contributed by atoms with Crippen LogP contribution in [0.5, 0.6) is 0 Å². The van der Waals surface area contributed by atoms with E-state index < -0.39 is 21.8 Å². The quantitative estimate of drug-likeness (QED) is 0.512. The van der Waals surface area contributed by atoms with Crippen molar-refractivity contribution in [2.45, 2.75) is 24.7 Å². The first-order chi connectivity index (χ1) is 16.3. The molecule has 0 bridgehead atoms. The van der Waals surface area contributed by atoms with Crippen LogP contribution in [0.15, 0.2) is 57.9 Å². The van der Waals surface area contributed by atoms with Crippen LogP contribution in [0.25, 0.3) is 12.2 Å². The number of hydrogen-bond acceptors (Lipinski definition) is 5. The lowest BCUT2D eigenvalue weighted by atomic mass is 9.99. The Bertz CT molecular complexity index is 1320. The Morgan fingerprint density at radius 1 is 1.21 bits per heavy atom. The molecule has 1 N–H and O–H groups in total. The van der Waals surface area contributed by atoms with Gasteiger partial charge >= 0.3 is 0 Å². The summed E-state index contributed by atoms with van der Waals surface area (Å²) in [5.74, 6) is -1.21. The summed E-state index contributed by atoms with van der Waals surface area (Å²) in [5.41, 5.74) is 1.07. The molecule has 1 aliphatic rings. The minimum Gasteiger partial charge on any atom is -0.355 e. The van der Waals surface area contributed by atoms with Gasteiger partial charge < -0.3 is 9.84 Å². The number of nitrogens with one attached hydrogen (secondary N) is 1. The van der Waals surface area contributed by atoms with E-state index in [-0.39, 0.29) is 40.9 Å². The smallest absolute Gasteiger partial charge is 0.248 e. The van der Waals surface area contributed by atoms with Crippen LogP contribution in [0, 0.1) is 18.7 Å². The molecule has 7 nitrogen and oxygen atoms in total. The van der Waals surface area contributed by atoms with Gasteiger partial charge in [-0.25, -0.2) is 12.8 Å². The number of rotatable bonds is 6. The molecule has 1 aliphatic heterocycles. The fraction of sp³-hybridized carbons (Fsp3) is 0.250. The van der Waals surface area contributed by atoms with Crippen LogP contribution in [0.2, 0.25) is 5.02 Å². The van der Waals surface area contributed by atoms with E-state index in [0.717, 1.165) is 0 Å². The van der Waals surface area contributed by atoms with Crippen molar-refractivity contribution in [3.63, 3.8) is 0 Å². The molecule has 2 heterocycles. The summed E-state index contributed by atoms with van der Waals surface area (Å²) in [6, 6.07) is 12.8. The SMILES string of the molecule is Cc1noc(/C=C/c2ccccc2F)c1S(=O)(=O)N1CCC[C@@H](C(=O)Nc2ccc(Cl)cc2)C1. The lowest BCUT2D eigenvalue weighted by molar-refractivity contribution is -0.120. The van der Waals surface area contributed by atoms with Crippen LogP contribution in [-0.4, -0.2) is 36.9 Å². The molecule has 1 saturated heterocycles. The summed E-state index contributed by atoms with van der Waals surface area (Å²) in [7, 11) is -4.00. The minimum atomic E-state index is -4.00. The highest BCUT2D eigenvalue weighted by atomic mass is 35.5. The van der Waals surface area contributed by atoms with Gasteiger partial charge in [-0.1, -0.05) is 35.0 Å². The number of aryl methyl sites for hydroxylation is 1. The van der Waals surface area contributed by atoms with Crippen molar-refractivity contribution >= 4 is 45.4 Å². The second kappa shape index (κ2) is 10.1. The van der Waals surface area contributed by atoms with Crippen LogP contribution in [-0.2, 0) is 14.8 Å². The lowest BCUT2D eigenvalue weighted by Gasteiger charge is -2.31. The monoisotopic (exact) mass is 503 g/mol. The number of amides is 1. The van der Waals surface area contributed by atoms with Gasteiger partial charge in [0.2, 0.25) is 15.9 Å². The van der Waals surface area contributed by atoms with Crippen LogP contribution in [0.1, 0.15) is 29.9 Å². The molecule has 0 spiro atoms. The lowest BCUT2D eigenvalue weighted by Crippen LogP contribution is -2.43. The third-order valence-electron chi connectivity index (χ3n) is 5.62. The zero-order chi connectivity index (χ0) is 24.3. The standard InChI is InChI=1S/C24H23ClFN3O4S/c1-16-23(22(33-28-16)13-8-17-5-2-3-7-21(17)26)34(31,32)29-14-4-6-18(15-29)24(30)27-20-11-9-19(25)10-12-20/h2-3,5,7-13,18H,4,6,14-15H2,1H3,(H,27,30)/b13-8+/t18-/m1/s1. The molecule has 0 saturated carbocycles. The summed E-state index contributed by atoms with van der Waals surface area (Å²) in [4.78, 5) is 12.7. The van der Waals surface area contributed by atoms with Gasteiger partial charge in [0.1, 0.15) is 11.5 Å². The normalized spacial score (nSPS) is 17.2. The Morgan fingerprint density at radius 2 is 1.94 bits per heavy atom. The molecule has 0 radical (unpaired) electrons. The van der Waals surface area contributed by atoms with Gasteiger partial charge in [0.25, 0.3) is 0 Å². The average molecular weight is 504 g/mol. The number of benzene rings is 2. The zero-order valence-electron chi connectivity index (χ0n) is 18.4. The highest BCUT2D eigenvalue weighted by Gasteiger charge is 2.37. The summed E-state index contributed by atoms with van der Waals surface area (Å²) < 4.78 is 47.5. The van der Waals surface area contributed by atoms with Crippen molar-refractivity contribution in [3.05, 3.63) is 76.4 Å². The van der Waals surface area contributed by atoms with Crippen molar-refractivity contribution in [2.24, 2.45) is 5.92 Å². The number of nitrogens with zero attached hydrogens (tertiary/aromatic N) is 2. The molecule has 0 unspecified atom stereocenters. The number of piperidine rings is 1. The topological polar surface area (TPSA) is 92.5 Å². The first-order valence-corrected chi connectivity index (χ1v) is 12.5. The molecule has 0 aliphatic carbocycles. The van der Waals surface area contributed by atoms with Gasteiger partial charge in [0.05, 0.1) is 5.92 Å². The van der Waals surface area contributed by atoms with E-state index in [4.69, 9.17) is 16.1 Å². The van der Waals surface area contributed by atoms with Crippen LogP contribution >= 0.6 is 11.6 Å². The van der Waals surface area contributed by atoms with E-state index in [2.05, 4.69) is 10.5 Å². The number of anilines is 1. The van der Waals surface area contributed by atoms with Gasteiger partial charge in [-0.15, -0.1) is 0 Å². The van der Waals surface area contributed by atoms with E-state index in [1.165, 1.54) is 29.4 Å². The minimum absolute atomic E-state index is 0.00786. The number of sulfonamides is 1. The average Bonchev–Trinajstić information content (AvgIpc) is 3.21. The number of halogens is 2. The predicted molar refractivity (Wildman–Crippen MR) is 128 cm³/mol. The Labute approximate surface area is 202 Å². The molecule has 1 aromatic heterocycles. The molecule has 2 aromatic carbocycles. The van der Waals surface area contributed by atoms with E-state index in [9.17, 15) is 17.6 Å². The zero-order valence-corrected chi connectivity index (χ0v) is 19.9. The second-order valence-electron chi connectivity index (χ2n) is 8.01. The van der Waals surface area contributed by atoms with Gasteiger partial charge in [-0.3, -0.25) is 4.79 Å². The summed E-state index contributed by atoms with van der Waals surface area (Å²) in [5, 5.41) is 7.18. The van der Waals surface area contributed by atoms with E-state index in [0.29, 0.717) is 23.6 Å². The number of hydrogen-bond donors (Lipinski definition) is 1. The first kappa shape index (κ1) is 24.1. The third-order valence-corrected chi connectivity index (χ3v) is 7.89. The Morgan fingerprint density at radius 3 is 2.68 bits per heavy atom. The molecular formula is C24H23ClFN3O4S. The Balaban J connectivity index is 1.54. The molecule has 1 fully saturated rings. The number of carbonyl (C=O) groups is 1. The van der Waals surface area contributed by atoms with Gasteiger partial charge in [0.15, 0.2) is 10.7 Å². The molecular weight excluding hydrogens is 481 g/mol. The molecule has 1 amide bonds. The largest absolute Gasteiger partial charge is 0.355 e. The van der Waals surface area contributed by atoms with Gasteiger partial charge in [-0.2, -0.15) is 4.31 Å². The predicted octanol–water partition coefficient (Wildman–Crippen LogP) is 4.99. The maximum atomic E-state index is 13.9. The summed E-state index contributed by atoms with van der Waals surface area (Å²) >= 11 is 5.88. The molecule has 10 heteroatoms. The molecule has 3 aromatic rings. The van der Waals surface area contributed by atoms with Crippen LogP contribution in [0.3, 0.4) is 0 Å². The van der Waals surface area contributed by atoms with Crippen molar-refractivity contribution < 1.29 is 22.1 Å². The molecule has 178 valence electrons. The van der Waals surface area contributed by atoms with E-state index >= 15 is 0 Å². The van der Waals surface area contributed by atoms with Crippen molar-refractivity contribution in [2.75, 3.05) is 18.4 Å². The van der Waals surface area contributed by atoms with E-state index in [1.807, 2.05) is 0 Å². The maximum Gasteiger partial charge on any atom is 0.248 e.